The van der Waals surface area contributed by atoms with Crippen molar-refractivity contribution in [3.63, 3.8) is 0 Å². The van der Waals surface area contributed by atoms with E-state index in [1.54, 1.807) is 6.92 Å². The van der Waals surface area contributed by atoms with Crippen LogP contribution in [0, 0.1) is 5.92 Å². The van der Waals surface area contributed by atoms with Gasteiger partial charge in [0.15, 0.2) is 0 Å². The second-order valence-electron chi connectivity index (χ2n) is 3.13. The van der Waals surface area contributed by atoms with E-state index in [0.29, 0.717) is 12.7 Å². The summed E-state index contributed by atoms with van der Waals surface area (Å²) in [6, 6.07) is 0. The van der Waals surface area contributed by atoms with E-state index in [1.165, 1.54) is 6.42 Å². The Morgan fingerprint density at radius 3 is 2.73 bits per heavy atom. The second-order valence-corrected chi connectivity index (χ2v) is 3.13. The lowest BCUT2D eigenvalue weighted by Gasteiger charge is -2.26. The monoisotopic (exact) mass is 158 g/mol. The molecular weight excluding hydrogens is 144 g/mol. The first kappa shape index (κ1) is 8.53. The van der Waals surface area contributed by atoms with Gasteiger partial charge < -0.3 is 9.84 Å². The molecule has 1 rings (SSSR count). The molecule has 0 spiro atoms. The molecule has 0 radical (unpaired) electrons. The maximum absolute atomic E-state index is 10.3. The van der Waals surface area contributed by atoms with Gasteiger partial charge in [0.05, 0.1) is 18.6 Å². The fourth-order valence-electron chi connectivity index (χ4n) is 0.889. The molecule has 1 fully saturated rings. The summed E-state index contributed by atoms with van der Waals surface area (Å²) < 4.78 is 5.32. The Balaban J connectivity index is 2.05. The fraction of sp³-hybridized carbons (Fsp3) is 0.875. The Hall–Kier alpha value is -0.570. The summed E-state index contributed by atoms with van der Waals surface area (Å²) in [5.41, 5.74) is 0. The number of aliphatic carboxylic acids is 1. The first-order valence-corrected chi connectivity index (χ1v) is 4.04. The smallest absolute Gasteiger partial charge is 0.308 e. The maximum Gasteiger partial charge on any atom is 0.308 e. The third-order valence-corrected chi connectivity index (χ3v) is 2.06. The molecule has 1 aliphatic rings. The molecule has 3 heteroatoms. The summed E-state index contributed by atoms with van der Waals surface area (Å²) >= 11 is 0. The van der Waals surface area contributed by atoms with Crippen LogP contribution in [0.1, 0.15) is 26.2 Å². The van der Waals surface area contributed by atoms with Crippen LogP contribution in [0.25, 0.3) is 0 Å². The van der Waals surface area contributed by atoms with E-state index in [4.69, 9.17) is 9.84 Å². The third kappa shape index (κ3) is 2.50. The predicted molar refractivity (Wildman–Crippen MR) is 40.4 cm³/mol. The zero-order chi connectivity index (χ0) is 8.27. The van der Waals surface area contributed by atoms with Crippen molar-refractivity contribution in [2.24, 2.45) is 5.92 Å². The normalized spacial score (nSPS) is 20.8. The standard InChI is InChI=1S/C8H14O3/c1-6(8(9)10)5-11-7-3-2-4-7/h6-7H,2-5H2,1H3,(H,9,10). The summed E-state index contributed by atoms with van der Waals surface area (Å²) in [6.07, 6.45) is 3.78. The summed E-state index contributed by atoms with van der Waals surface area (Å²) in [4.78, 5) is 10.3. The molecule has 1 N–H and O–H groups in total. The van der Waals surface area contributed by atoms with Gasteiger partial charge in [0.2, 0.25) is 0 Å². The SMILES string of the molecule is CC(COC1CCC1)C(=O)O. The van der Waals surface area contributed by atoms with E-state index < -0.39 is 5.97 Å². The lowest BCUT2D eigenvalue weighted by atomic mass is 9.96. The summed E-state index contributed by atoms with van der Waals surface area (Å²) in [5, 5.41) is 8.51. The summed E-state index contributed by atoms with van der Waals surface area (Å²) in [5.74, 6) is -1.14. The number of carbonyl (C=O) groups is 1. The Kier molecular flexibility index (Phi) is 2.88. The number of rotatable bonds is 4. The van der Waals surface area contributed by atoms with Crippen molar-refractivity contribution in [1.29, 1.82) is 0 Å². The van der Waals surface area contributed by atoms with Crippen LogP contribution in [0.4, 0.5) is 0 Å². The van der Waals surface area contributed by atoms with Gasteiger partial charge in [0, 0.05) is 0 Å². The van der Waals surface area contributed by atoms with E-state index in [2.05, 4.69) is 0 Å². The highest BCUT2D eigenvalue weighted by molar-refractivity contribution is 5.69. The van der Waals surface area contributed by atoms with Crippen molar-refractivity contribution in [1.82, 2.24) is 0 Å². The Bertz CT molecular complexity index is 140. The van der Waals surface area contributed by atoms with Gasteiger partial charge >= 0.3 is 5.97 Å². The number of hydrogen-bond donors (Lipinski definition) is 1. The van der Waals surface area contributed by atoms with Crippen LogP contribution >= 0.6 is 0 Å². The van der Waals surface area contributed by atoms with Gasteiger partial charge in [-0.15, -0.1) is 0 Å². The van der Waals surface area contributed by atoms with Crippen LogP contribution in [-0.2, 0) is 9.53 Å². The van der Waals surface area contributed by atoms with E-state index in [1.807, 2.05) is 0 Å². The molecule has 1 unspecified atom stereocenters. The third-order valence-electron chi connectivity index (χ3n) is 2.06. The van der Waals surface area contributed by atoms with Crippen LogP contribution in [0.3, 0.4) is 0 Å². The molecule has 0 heterocycles. The van der Waals surface area contributed by atoms with E-state index >= 15 is 0 Å². The molecular formula is C8H14O3. The molecule has 0 aromatic rings. The van der Waals surface area contributed by atoms with Gasteiger partial charge in [-0.1, -0.05) is 0 Å². The van der Waals surface area contributed by atoms with Gasteiger partial charge in [0.1, 0.15) is 0 Å². The minimum atomic E-state index is -0.774. The number of carboxylic acid groups (broad SMARTS) is 1. The number of carboxylic acids is 1. The van der Waals surface area contributed by atoms with Crippen molar-refractivity contribution in [2.45, 2.75) is 32.3 Å². The average molecular weight is 158 g/mol. The first-order chi connectivity index (χ1) is 5.20. The molecule has 1 aliphatic carbocycles. The quantitative estimate of drug-likeness (QED) is 0.670. The highest BCUT2D eigenvalue weighted by Crippen LogP contribution is 2.22. The van der Waals surface area contributed by atoms with Crippen LogP contribution in [0.5, 0.6) is 0 Å². The van der Waals surface area contributed by atoms with Gasteiger partial charge in [-0.3, -0.25) is 4.79 Å². The fourth-order valence-corrected chi connectivity index (χ4v) is 0.889. The largest absolute Gasteiger partial charge is 0.481 e. The second kappa shape index (κ2) is 3.72. The van der Waals surface area contributed by atoms with Gasteiger partial charge in [-0.25, -0.2) is 0 Å². The molecule has 0 aromatic heterocycles. The van der Waals surface area contributed by atoms with Crippen molar-refractivity contribution < 1.29 is 14.6 Å². The highest BCUT2D eigenvalue weighted by Gasteiger charge is 2.20. The number of ether oxygens (including phenoxy) is 1. The van der Waals surface area contributed by atoms with Crippen LogP contribution < -0.4 is 0 Å². The van der Waals surface area contributed by atoms with Crippen molar-refractivity contribution in [3.05, 3.63) is 0 Å². The Labute approximate surface area is 66.4 Å². The molecule has 64 valence electrons. The molecule has 0 amide bonds. The summed E-state index contributed by atoms with van der Waals surface area (Å²) in [6.45, 7) is 2.03. The molecule has 3 nitrogen and oxygen atoms in total. The molecule has 0 saturated heterocycles. The van der Waals surface area contributed by atoms with E-state index in [9.17, 15) is 4.79 Å². The Morgan fingerprint density at radius 2 is 2.36 bits per heavy atom. The predicted octanol–water partition coefficient (Wildman–Crippen LogP) is 1.28. The number of hydrogen-bond acceptors (Lipinski definition) is 2. The minimum Gasteiger partial charge on any atom is -0.481 e. The van der Waals surface area contributed by atoms with Gasteiger partial charge in [-0.2, -0.15) is 0 Å². The lowest BCUT2D eigenvalue weighted by Crippen LogP contribution is -2.26. The molecule has 0 aliphatic heterocycles. The Morgan fingerprint density at radius 1 is 1.73 bits per heavy atom. The lowest BCUT2D eigenvalue weighted by molar-refractivity contribution is -0.144. The molecule has 1 saturated carbocycles. The van der Waals surface area contributed by atoms with Crippen LogP contribution in [0.15, 0.2) is 0 Å². The first-order valence-electron chi connectivity index (χ1n) is 4.04. The zero-order valence-electron chi connectivity index (χ0n) is 6.75. The molecule has 11 heavy (non-hydrogen) atoms. The maximum atomic E-state index is 10.3. The van der Waals surface area contributed by atoms with E-state index in [0.717, 1.165) is 12.8 Å². The topological polar surface area (TPSA) is 46.5 Å². The molecule has 0 bridgehead atoms. The highest BCUT2D eigenvalue weighted by atomic mass is 16.5. The van der Waals surface area contributed by atoms with Gasteiger partial charge in [0.25, 0.3) is 0 Å². The van der Waals surface area contributed by atoms with E-state index in [-0.39, 0.29) is 5.92 Å². The van der Waals surface area contributed by atoms with Crippen LogP contribution in [-0.4, -0.2) is 23.8 Å². The molecule has 1 atom stereocenters. The van der Waals surface area contributed by atoms with Crippen LogP contribution in [0.2, 0.25) is 0 Å². The summed E-state index contributed by atoms with van der Waals surface area (Å²) in [7, 11) is 0. The van der Waals surface area contributed by atoms with Crippen molar-refractivity contribution >= 4 is 5.97 Å². The minimum absolute atomic E-state index is 0.344. The van der Waals surface area contributed by atoms with Crippen molar-refractivity contribution in [3.8, 4) is 0 Å². The van der Waals surface area contributed by atoms with Crippen molar-refractivity contribution in [2.75, 3.05) is 6.61 Å². The molecule has 0 aromatic carbocycles. The van der Waals surface area contributed by atoms with Gasteiger partial charge in [-0.05, 0) is 26.2 Å². The zero-order valence-corrected chi connectivity index (χ0v) is 6.75. The average Bonchev–Trinajstić information content (AvgIpc) is 1.83.